The maximum Gasteiger partial charge on any atom is 0.319 e. The van der Waals surface area contributed by atoms with Gasteiger partial charge < -0.3 is 15.4 Å². The molecular weight excluding hydrogens is 324 g/mol. The van der Waals surface area contributed by atoms with Gasteiger partial charge in [-0.1, -0.05) is 18.2 Å². The van der Waals surface area contributed by atoms with E-state index >= 15 is 0 Å². The number of hydrogen-bond donors (Lipinski definition) is 2. The van der Waals surface area contributed by atoms with Crippen molar-refractivity contribution in [2.75, 3.05) is 18.1 Å². The third-order valence-corrected chi connectivity index (χ3v) is 4.22. The Balaban J connectivity index is 1.82. The molecule has 128 valence electrons. The summed E-state index contributed by atoms with van der Waals surface area (Å²) in [5, 5.41) is 5.49. The number of hydrogen-bond acceptors (Lipinski definition) is 3. The van der Waals surface area contributed by atoms with Gasteiger partial charge >= 0.3 is 6.03 Å². The molecule has 0 saturated heterocycles. The van der Waals surface area contributed by atoms with Crippen LogP contribution in [0, 0.1) is 6.92 Å². The third-order valence-electron chi connectivity index (χ3n) is 3.30. The van der Waals surface area contributed by atoms with Gasteiger partial charge in [-0.15, -0.1) is 0 Å². The second-order valence-corrected chi connectivity index (χ2v) is 6.94. The van der Waals surface area contributed by atoms with Crippen molar-refractivity contribution in [2.24, 2.45) is 0 Å². The lowest BCUT2D eigenvalue weighted by atomic mass is 10.2. The maximum absolute atomic E-state index is 12.0. The first kappa shape index (κ1) is 18.0. The van der Waals surface area contributed by atoms with Crippen LogP contribution in [0.4, 0.5) is 10.5 Å². The van der Waals surface area contributed by atoms with Crippen LogP contribution in [0.5, 0.6) is 5.75 Å². The normalized spacial score (nSPS) is 13.0. The van der Waals surface area contributed by atoms with Gasteiger partial charge in [-0.05, 0) is 49.7 Å². The monoisotopic (exact) mass is 346 g/mol. The van der Waals surface area contributed by atoms with Gasteiger partial charge in [-0.2, -0.15) is 0 Å². The predicted octanol–water partition coefficient (Wildman–Crippen LogP) is 3.32. The standard InChI is InChI=1S/C18H22N2O3S/c1-13-6-4-8-16(10-13)23-14(2)12-19-18(21)20-15-7-5-9-17(11-15)24(3)22/h4-11,14H,12H2,1-3H3,(H2,19,20,21). The smallest absolute Gasteiger partial charge is 0.319 e. The van der Waals surface area contributed by atoms with Gasteiger partial charge in [0.1, 0.15) is 11.9 Å². The molecule has 0 aliphatic heterocycles. The molecule has 6 heteroatoms. The van der Waals surface area contributed by atoms with E-state index in [-0.39, 0.29) is 12.1 Å². The molecule has 0 spiro atoms. The predicted molar refractivity (Wildman–Crippen MR) is 97.1 cm³/mol. The van der Waals surface area contributed by atoms with Crippen LogP contribution in [-0.4, -0.2) is 29.1 Å². The first-order chi connectivity index (χ1) is 11.4. The highest BCUT2D eigenvalue weighted by Crippen LogP contribution is 2.14. The van der Waals surface area contributed by atoms with E-state index in [2.05, 4.69) is 10.6 Å². The van der Waals surface area contributed by atoms with E-state index < -0.39 is 10.8 Å². The van der Waals surface area contributed by atoms with Crippen LogP contribution >= 0.6 is 0 Å². The molecule has 0 saturated carbocycles. The van der Waals surface area contributed by atoms with Gasteiger partial charge in [0, 0.05) is 27.6 Å². The number of aryl methyl sites for hydroxylation is 1. The molecule has 0 heterocycles. The Morgan fingerprint density at radius 2 is 1.96 bits per heavy atom. The first-order valence-electron chi connectivity index (χ1n) is 7.65. The van der Waals surface area contributed by atoms with Crippen molar-refractivity contribution in [1.29, 1.82) is 0 Å². The summed E-state index contributed by atoms with van der Waals surface area (Å²) < 4.78 is 17.2. The molecule has 0 radical (unpaired) electrons. The Morgan fingerprint density at radius 3 is 2.67 bits per heavy atom. The van der Waals surface area contributed by atoms with Gasteiger partial charge in [0.25, 0.3) is 0 Å². The molecule has 0 aliphatic carbocycles. The lowest BCUT2D eigenvalue weighted by Crippen LogP contribution is -2.36. The highest BCUT2D eigenvalue weighted by Gasteiger charge is 2.08. The maximum atomic E-state index is 12.0. The fourth-order valence-corrected chi connectivity index (χ4v) is 2.69. The number of ether oxygens (including phenoxy) is 1. The minimum absolute atomic E-state index is 0.160. The van der Waals surface area contributed by atoms with Crippen LogP contribution in [0.25, 0.3) is 0 Å². The fraction of sp³-hybridized carbons (Fsp3) is 0.278. The molecule has 5 nitrogen and oxygen atoms in total. The lowest BCUT2D eigenvalue weighted by molar-refractivity contribution is 0.212. The summed E-state index contributed by atoms with van der Waals surface area (Å²) in [4.78, 5) is 12.6. The number of carbonyl (C=O) groups excluding carboxylic acids is 1. The molecule has 0 fully saturated rings. The van der Waals surface area contributed by atoms with E-state index in [1.807, 2.05) is 38.1 Å². The number of rotatable bonds is 6. The van der Waals surface area contributed by atoms with Gasteiger partial charge in [-0.3, -0.25) is 4.21 Å². The van der Waals surface area contributed by atoms with E-state index in [1.54, 1.807) is 30.5 Å². The Labute approximate surface area is 144 Å². The molecule has 2 unspecified atom stereocenters. The summed E-state index contributed by atoms with van der Waals surface area (Å²) in [5.74, 6) is 0.780. The van der Waals surface area contributed by atoms with Crippen molar-refractivity contribution < 1.29 is 13.7 Å². The van der Waals surface area contributed by atoms with Gasteiger partial charge in [0.15, 0.2) is 0 Å². The van der Waals surface area contributed by atoms with Crippen LogP contribution in [0.15, 0.2) is 53.4 Å². The van der Waals surface area contributed by atoms with Gasteiger partial charge in [0.2, 0.25) is 0 Å². The second kappa shape index (κ2) is 8.49. The Morgan fingerprint density at radius 1 is 1.21 bits per heavy atom. The van der Waals surface area contributed by atoms with E-state index in [4.69, 9.17) is 4.74 Å². The van der Waals surface area contributed by atoms with Crippen molar-refractivity contribution in [3.63, 3.8) is 0 Å². The van der Waals surface area contributed by atoms with Crippen molar-refractivity contribution in [2.45, 2.75) is 24.8 Å². The fourth-order valence-electron chi connectivity index (χ4n) is 2.13. The molecule has 2 rings (SSSR count). The number of amides is 2. The minimum atomic E-state index is -1.08. The van der Waals surface area contributed by atoms with Gasteiger partial charge in [0.05, 0.1) is 6.54 Å². The van der Waals surface area contributed by atoms with Crippen molar-refractivity contribution in [1.82, 2.24) is 5.32 Å². The number of carbonyl (C=O) groups is 1. The summed E-state index contributed by atoms with van der Waals surface area (Å²) >= 11 is 0. The molecule has 0 aromatic heterocycles. The molecule has 2 aromatic carbocycles. The molecule has 2 atom stereocenters. The molecule has 0 bridgehead atoms. The molecule has 0 aliphatic rings. The lowest BCUT2D eigenvalue weighted by Gasteiger charge is -2.16. The Kier molecular flexibility index (Phi) is 6.37. The summed E-state index contributed by atoms with van der Waals surface area (Å²) in [6.45, 7) is 4.27. The highest BCUT2D eigenvalue weighted by atomic mass is 32.2. The molecule has 24 heavy (non-hydrogen) atoms. The average Bonchev–Trinajstić information content (AvgIpc) is 2.53. The van der Waals surface area contributed by atoms with E-state index in [0.717, 1.165) is 11.3 Å². The topological polar surface area (TPSA) is 67.4 Å². The first-order valence-corrected chi connectivity index (χ1v) is 9.21. The zero-order chi connectivity index (χ0) is 17.5. The van der Waals surface area contributed by atoms with E-state index in [0.29, 0.717) is 17.1 Å². The van der Waals surface area contributed by atoms with E-state index in [1.165, 1.54) is 0 Å². The Hall–Kier alpha value is -2.34. The Bertz CT molecular complexity index is 734. The second-order valence-electron chi connectivity index (χ2n) is 5.56. The highest BCUT2D eigenvalue weighted by molar-refractivity contribution is 7.84. The van der Waals surface area contributed by atoms with Crippen LogP contribution in [0.1, 0.15) is 12.5 Å². The van der Waals surface area contributed by atoms with Crippen molar-refractivity contribution in [3.8, 4) is 5.75 Å². The summed E-state index contributed by atoms with van der Waals surface area (Å²) in [7, 11) is -1.08. The number of nitrogens with one attached hydrogen (secondary N) is 2. The molecule has 2 amide bonds. The zero-order valence-corrected chi connectivity index (χ0v) is 14.9. The number of benzene rings is 2. The average molecular weight is 346 g/mol. The minimum Gasteiger partial charge on any atom is -0.489 e. The summed E-state index contributed by atoms with van der Waals surface area (Å²) in [5.41, 5.74) is 1.73. The van der Waals surface area contributed by atoms with Crippen molar-refractivity contribution >= 4 is 22.5 Å². The zero-order valence-electron chi connectivity index (χ0n) is 14.0. The quantitative estimate of drug-likeness (QED) is 0.843. The van der Waals surface area contributed by atoms with Gasteiger partial charge in [-0.25, -0.2) is 4.79 Å². The largest absolute Gasteiger partial charge is 0.489 e. The van der Waals surface area contributed by atoms with Crippen molar-refractivity contribution in [3.05, 3.63) is 54.1 Å². The third kappa shape index (κ3) is 5.70. The van der Waals surface area contributed by atoms with Crippen LogP contribution in [0.3, 0.4) is 0 Å². The van der Waals surface area contributed by atoms with Crippen LogP contribution in [-0.2, 0) is 10.8 Å². The molecular formula is C18H22N2O3S. The van der Waals surface area contributed by atoms with E-state index in [9.17, 15) is 9.00 Å². The summed E-state index contributed by atoms with van der Waals surface area (Å²) in [6.07, 6.45) is 1.44. The van der Waals surface area contributed by atoms with Crippen LogP contribution < -0.4 is 15.4 Å². The summed E-state index contributed by atoms with van der Waals surface area (Å²) in [6, 6.07) is 14.4. The SMILES string of the molecule is Cc1cccc(OC(C)CNC(=O)Nc2cccc(S(C)=O)c2)c1. The number of urea groups is 1. The molecule has 2 N–H and O–H groups in total. The van der Waals surface area contributed by atoms with Crippen LogP contribution in [0.2, 0.25) is 0 Å². The molecule has 2 aromatic rings. The number of anilines is 1.